The Labute approximate surface area is 160 Å². The monoisotopic (exact) mass is 388 g/mol. The maximum absolute atomic E-state index is 12.8. The van der Waals surface area contributed by atoms with Gasteiger partial charge >= 0.3 is 6.09 Å². The molecule has 0 radical (unpaired) electrons. The van der Waals surface area contributed by atoms with Crippen LogP contribution in [0.3, 0.4) is 0 Å². The molecular formula is C19H17ClN2O5. The highest BCUT2D eigenvalue weighted by atomic mass is 35.5. The number of methoxy groups -OCH3 is 1. The zero-order valence-corrected chi connectivity index (χ0v) is 15.2. The minimum atomic E-state index is -0.726. The molecule has 3 rings (SSSR count). The van der Waals surface area contributed by atoms with Crippen LogP contribution in [0.4, 0.5) is 4.79 Å². The zero-order chi connectivity index (χ0) is 19.4. The van der Waals surface area contributed by atoms with Crippen molar-refractivity contribution in [1.82, 2.24) is 10.2 Å². The summed E-state index contributed by atoms with van der Waals surface area (Å²) in [6, 6.07) is 13.1. The molecule has 2 aromatic rings. The van der Waals surface area contributed by atoms with Crippen molar-refractivity contribution in [3.05, 3.63) is 64.7 Å². The molecule has 0 aromatic heterocycles. The molecule has 1 saturated heterocycles. The maximum atomic E-state index is 12.8. The van der Waals surface area contributed by atoms with E-state index < -0.39 is 23.9 Å². The van der Waals surface area contributed by atoms with Gasteiger partial charge in [0.25, 0.3) is 11.8 Å². The number of hydrogen-bond donors (Lipinski definition) is 1. The third-order valence-corrected chi connectivity index (χ3v) is 4.35. The summed E-state index contributed by atoms with van der Waals surface area (Å²) in [5, 5.41) is 3.23. The minimum Gasteiger partial charge on any atom is -0.496 e. The first-order valence-electron chi connectivity index (χ1n) is 8.16. The topological polar surface area (TPSA) is 84.9 Å². The lowest BCUT2D eigenvalue weighted by molar-refractivity contribution is -0.126. The van der Waals surface area contributed by atoms with Crippen LogP contribution in [0.1, 0.15) is 22.0 Å². The highest BCUT2D eigenvalue weighted by Crippen LogP contribution is 2.24. The van der Waals surface area contributed by atoms with E-state index >= 15 is 0 Å². The van der Waals surface area contributed by atoms with Crippen LogP contribution in [0, 0.1) is 0 Å². The first kappa shape index (κ1) is 18.7. The van der Waals surface area contributed by atoms with Crippen molar-refractivity contribution < 1.29 is 23.9 Å². The number of benzene rings is 2. The van der Waals surface area contributed by atoms with Crippen LogP contribution in [0.2, 0.25) is 5.02 Å². The molecule has 27 heavy (non-hydrogen) atoms. The van der Waals surface area contributed by atoms with Gasteiger partial charge in [-0.05, 0) is 23.8 Å². The van der Waals surface area contributed by atoms with Crippen LogP contribution in [0.15, 0.2) is 48.5 Å². The lowest BCUT2D eigenvalue weighted by Gasteiger charge is -2.23. The molecule has 1 heterocycles. The second-order valence-corrected chi connectivity index (χ2v) is 6.28. The molecule has 1 N–H and O–H groups in total. The van der Waals surface area contributed by atoms with Crippen LogP contribution in [-0.4, -0.2) is 43.1 Å². The summed E-state index contributed by atoms with van der Waals surface area (Å²) in [6.45, 7) is -0.341. The standard InChI is InChI=1S/C19H17ClN2O5/c1-26-16-8-7-13(20)9-14(16)18(24)21-15(12-5-3-2-4-6-12)10-22-17(23)11-27-19(22)25/h2-9,15H,10-11H2,1H3,(H,21,24). The number of nitrogens with one attached hydrogen (secondary N) is 1. The summed E-state index contributed by atoms with van der Waals surface area (Å²) in [5.74, 6) is -0.529. The van der Waals surface area contributed by atoms with Crippen molar-refractivity contribution in [2.45, 2.75) is 6.04 Å². The Morgan fingerprint density at radius 1 is 1.26 bits per heavy atom. The first-order chi connectivity index (χ1) is 13.0. The molecular weight excluding hydrogens is 372 g/mol. The van der Waals surface area contributed by atoms with Crippen molar-refractivity contribution in [3.8, 4) is 5.75 Å². The second kappa shape index (κ2) is 8.09. The van der Waals surface area contributed by atoms with Gasteiger partial charge in [0.05, 0.1) is 25.3 Å². The van der Waals surface area contributed by atoms with Crippen molar-refractivity contribution in [2.75, 3.05) is 20.3 Å². The molecule has 8 heteroatoms. The van der Waals surface area contributed by atoms with Gasteiger partial charge in [0.1, 0.15) is 5.75 Å². The molecule has 7 nitrogen and oxygen atoms in total. The average molecular weight is 389 g/mol. The van der Waals surface area contributed by atoms with Gasteiger partial charge in [0.2, 0.25) is 0 Å². The summed E-state index contributed by atoms with van der Waals surface area (Å²) < 4.78 is 9.96. The van der Waals surface area contributed by atoms with Crippen LogP contribution >= 0.6 is 11.6 Å². The predicted molar refractivity (Wildman–Crippen MR) is 97.7 cm³/mol. The van der Waals surface area contributed by atoms with Crippen molar-refractivity contribution in [3.63, 3.8) is 0 Å². The summed E-state index contributed by atoms with van der Waals surface area (Å²) in [4.78, 5) is 37.5. The molecule has 1 aliphatic rings. The fourth-order valence-corrected chi connectivity index (χ4v) is 2.93. The quantitative estimate of drug-likeness (QED) is 0.822. The van der Waals surface area contributed by atoms with E-state index in [0.717, 1.165) is 10.5 Å². The van der Waals surface area contributed by atoms with Gasteiger partial charge in [0.15, 0.2) is 6.61 Å². The third-order valence-electron chi connectivity index (χ3n) is 4.12. The minimum absolute atomic E-state index is 0.0453. The summed E-state index contributed by atoms with van der Waals surface area (Å²) in [7, 11) is 1.45. The molecule has 0 saturated carbocycles. The summed E-state index contributed by atoms with van der Waals surface area (Å²) in [5.41, 5.74) is 0.987. The number of rotatable bonds is 6. The number of carbonyl (C=O) groups excluding carboxylic acids is 3. The third kappa shape index (κ3) is 4.20. The Balaban J connectivity index is 1.87. The van der Waals surface area contributed by atoms with E-state index in [4.69, 9.17) is 21.1 Å². The van der Waals surface area contributed by atoms with Gasteiger partial charge in [-0.1, -0.05) is 41.9 Å². The molecule has 3 amide bonds. The number of cyclic esters (lactones) is 1. The number of halogens is 1. The summed E-state index contributed by atoms with van der Waals surface area (Å²) in [6.07, 6.45) is -0.726. The molecule has 1 atom stereocenters. The number of carbonyl (C=O) groups is 3. The van der Waals surface area contributed by atoms with E-state index in [-0.39, 0.29) is 18.7 Å². The Morgan fingerprint density at radius 2 is 2.00 bits per heavy atom. The SMILES string of the molecule is COc1ccc(Cl)cc1C(=O)NC(CN1C(=O)COC1=O)c1ccccc1. The fourth-order valence-electron chi connectivity index (χ4n) is 2.75. The number of imide groups is 1. The molecule has 0 spiro atoms. The molecule has 1 aliphatic heterocycles. The van der Waals surface area contributed by atoms with Crippen molar-refractivity contribution in [2.24, 2.45) is 0 Å². The number of nitrogens with zero attached hydrogens (tertiary/aromatic N) is 1. The number of hydrogen-bond acceptors (Lipinski definition) is 5. The van der Waals surface area contributed by atoms with E-state index in [9.17, 15) is 14.4 Å². The van der Waals surface area contributed by atoms with E-state index in [0.29, 0.717) is 10.8 Å². The molecule has 0 bridgehead atoms. The largest absolute Gasteiger partial charge is 0.496 e. The van der Waals surface area contributed by atoms with Gasteiger partial charge in [0, 0.05) is 5.02 Å². The Bertz CT molecular complexity index is 856. The van der Waals surface area contributed by atoms with E-state index in [1.165, 1.54) is 13.2 Å². The Hall–Kier alpha value is -3.06. The van der Waals surface area contributed by atoms with Crippen molar-refractivity contribution in [1.29, 1.82) is 0 Å². The van der Waals surface area contributed by atoms with E-state index in [2.05, 4.69) is 5.32 Å². The van der Waals surface area contributed by atoms with Gasteiger partial charge in [-0.25, -0.2) is 9.69 Å². The molecule has 1 fully saturated rings. The van der Waals surface area contributed by atoms with Crippen LogP contribution in [0.5, 0.6) is 5.75 Å². The summed E-state index contributed by atoms with van der Waals surface area (Å²) >= 11 is 6.00. The molecule has 140 valence electrons. The second-order valence-electron chi connectivity index (χ2n) is 5.84. The lowest BCUT2D eigenvalue weighted by Crippen LogP contribution is -2.40. The van der Waals surface area contributed by atoms with Gasteiger partial charge in [-0.3, -0.25) is 9.59 Å². The zero-order valence-electron chi connectivity index (χ0n) is 14.5. The van der Waals surface area contributed by atoms with E-state index in [1.807, 2.05) is 6.07 Å². The number of ether oxygens (including phenoxy) is 2. The fraction of sp³-hybridized carbons (Fsp3) is 0.211. The van der Waals surface area contributed by atoms with Gasteiger partial charge < -0.3 is 14.8 Å². The van der Waals surface area contributed by atoms with Gasteiger partial charge in [-0.2, -0.15) is 0 Å². The molecule has 1 unspecified atom stereocenters. The van der Waals surface area contributed by atoms with Crippen molar-refractivity contribution >= 4 is 29.5 Å². The highest BCUT2D eigenvalue weighted by molar-refractivity contribution is 6.31. The Morgan fingerprint density at radius 3 is 2.63 bits per heavy atom. The predicted octanol–water partition coefficient (Wildman–Crippen LogP) is 2.80. The maximum Gasteiger partial charge on any atom is 0.417 e. The van der Waals surface area contributed by atoms with Crippen LogP contribution in [0.25, 0.3) is 0 Å². The smallest absolute Gasteiger partial charge is 0.417 e. The lowest BCUT2D eigenvalue weighted by atomic mass is 10.1. The van der Waals surface area contributed by atoms with Gasteiger partial charge in [-0.15, -0.1) is 0 Å². The molecule has 0 aliphatic carbocycles. The Kier molecular flexibility index (Phi) is 5.61. The van der Waals surface area contributed by atoms with Crippen LogP contribution in [-0.2, 0) is 9.53 Å². The van der Waals surface area contributed by atoms with Crippen LogP contribution < -0.4 is 10.1 Å². The van der Waals surface area contributed by atoms with E-state index in [1.54, 1.807) is 36.4 Å². The average Bonchev–Trinajstić information content (AvgIpc) is 3.00. The first-order valence-corrected chi connectivity index (χ1v) is 8.54. The highest BCUT2D eigenvalue weighted by Gasteiger charge is 2.34. The number of amides is 3. The normalized spacial score (nSPS) is 14.7. The molecule has 2 aromatic carbocycles.